The molecule has 0 spiro atoms. The largest absolute Gasteiger partial charge is 0.388 e. The van der Waals surface area contributed by atoms with Gasteiger partial charge in [-0.3, -0.25) is 4.79 Å². The molecule has 0 aliphatic heterocycles. The quantitative estimate of drug-likeness (QED) is 0.712. The fourth-order valence-electron chi connectivity index (χ4n) is 2.89. The zero-order valence-corrected chi connectivity index (χ0v) is 14.3. The molecule has 1 aromatic carbocycles. The van der Waals surface area contributed by atoms with E-state index in [0.717, 1.165) is 16.8 Å². The second kappa shape index (κ2) is 7.55. The number of carbonyl (C=O) groups is 1. The summed E-state index contributed by atoms with van der Waals surface area (Å²) in [4.78, 5) is 12.5. The third-order valence-electron chi connectivity index (χ3n) is 4.21. The maximum atomic E-state index is 12.5. The molecule has 3 rings (SSSR count). The lowest BCUT2D eigenvalue weighted by molar-refractivity contribution is -0.126. The van der Waals surface area contributed by atoms with Crippen LogP contribution in [0.3, 0.4) is 0 Å². The molecule has 0 saturated carbocycles. The lowest BCUT2D eigenvalue weighted by Gasteiger charge is -2.22. The van der Waals surface area contributed by atoms with Gasteiger partial charge < -0.3 is 5.11 Å². The monoisotopic (exact) mass is 340 g/mol. The Bertz CT molecular complexity index is 782. The molecule has 3 aromatic rings. The van der Waals surface area contributed by atoms with Gasteiger partial charge in [0.2, 0.25) is 0 Å². The van der Waals surface area contributed by atoms with Crippen LogP contribution in [0.25, 0.3) is 5.69 Å². The predicted octanol–water partition coefficient (Wildman–Crippen LogP) is 3.81. The Morgan fingerprint density at radius 2 is 2.12 bits per heavy atom. The zero-order chi connectivity index (χ0) is 16.9. The van der Waals surface area contributed by atoms with Gasteiger partial charge in [0.15, 0.2) is 0 Å². The van der Waals surface area contributed by atoms with E-state index in [1.54, 1.807) is 10.9 Å². The maximum Gasteiger partial charge on any atom is 0.138 e. The van der Waals surface area contributed by atoms with Gasteiger partial charge in [-0.15, -0.1) is 0 Å². The first-order valence-corrected chi connectivity index (χ1v) is 8.95. The molecule has 24 heavy (non-hydrogen) atoms. The van der Waals surface area contributed by atoms with Crippen LogP contribution in [0.4, 0.5) is 0 Å². The van der Waals surface area contributed by atoms with E-state index in [1.807, 2.05) is 60.3 Å². The van der Waals surface area contributed by atoms with Crippen molar-refractivity contribution in [2.75, 3.05) is 0 Å². The Morgan fingerprint density at radius 1 is 1.29 bits per heavy atom. The molecule has 2 aromatic heterocycles. The molecule has 0 bridgehead atoms. The summed E-state index contributed by atoms with van der Waals surface area (Å²) in [6.45, 7) is 1.84. The molecule has 2 atom stereocenters. The van der Waals surface area contributed by atoms with Crippen molar-refractivity contribution >= 4 is 17.1 Å². The predicted molar refractivity (Wildman–Crippen MR) is 95.3 cm³/mol. The molecular weight excluding hydrogens is 320 g/mol. The van der Waals surface area contributed by atoms with Gasteiger partial charge in [-0.1, -0.05) is 25.1 Å². The number of aromatic nitrogens is 2. The minimum atomic E-state index is -0.783. The highest BCUT2D eigenvalue weighted by molar-refractivity contribution is 7.07. The first kappa shape index (κ1) is 16.6. The van der Waals surface area contributed by atoms with Crippen molar-refractivity contribution in [3.05, 3.63) is 70.7 Å². The summed E-state index contributed by atoms with van der Waals surface area (Å²) in [5.41, 5.74) is 2.75. The van der Waals surface area contributed by atoms with Crippen molar-refractivity contribution < 1.29 is 9.90 Å². The number of hydrogen-bond acceptors (Lipinski definition) is 4. The molecule has 0 aliphatic carbocycles. The number of carbonyl (C=O) groups excluding carboxylic acids is 1. The van der Waals surface area contributed by atoms with Crippen LogP contribution in [-0.2, 0) is 11.2 Å². The molecule has 0 aliphatic rings. The topological polar surface area (TPSA) is 55.1 Å². The van der Waals surface area contributed by atoms with Crippen LogP contribution in [-0.4, -0.2) is 20.7 Å². The molecule has 0 fully saturated rings. The lowest BCUT2D eigenvalue weighted by Crippen LogP contribution is -2.24. The zero-order valence-electron chi connectivity index (χ0n) is 13.5. The van der Waals surface area contributed by atoms with Crippen LogP contribution in [0.5, 0.6) is 0 Å². The van der Waals surface area contributed by atoms with E-state index in [2.05, 4.69) is 5.10 Å². The third kappa shape index (κ3) is 3.47. The molecule has 0 radical (unpaired) electrons. The fraction of sp³-hybridized carbons (Fsp3) is 0.263. The number of para-hydroxylation sites is 1. The summed E-state index contributed by atoms with van der Waals surface area (Å²) in [7, 11) is 0. The van der Waals surface area contributed by atoms with Crippen LogP contribution in [0.2, 0.25) is 0 Å². The molecule has 0 amide bonds. The van der Waals surface area contributed by atoms with E-state index in [-0.39, 0.29) is 5.78 Å². The summed E-state index contributed by atoms with van der Waals surface area (Å²) < 4.78 is 1.79. The van der Waals surface area contributed by atoms with Crippen LogP contribution in [0.15, 0.2) is 59.6 Å². The van der Waals surface area contributed by atoms with E-state index in [4.69, 9.17) is 0 Å². The SMILES string of the molecule is CCC(=O)[C@H](Cc1ccccc1-n1cccn1)[C@H](O)c1ccsc1. The normalized spacial score (nSPS) is 13.6. The molecular formula is C19H20N2O2S. The summed E-state index contributed by atoms with van der Waals surface area (Å²) >= 11 is 1.53. The van der Waals surface area contributed by atoms with Gasteiger partial charge in [-0.05, 0) is 46.5 Å². The number of aliphatic hydroxyl groups is 1. The van der Waals surface area contributed by atoms with Crippen molar-refractivity contribution in [1.29, 1.82) is 0 Å². The van der Waals surface area contributed by atoms with Gasteiger partial charge in [-0.25, -0.2) is 4.68 Å². The molecule has 124 valence electrons. The Balaban J connectivity index is 1.93. The molecule has 4 nitrogen and oxygen atoms in total. The number of Topliss-reactive ketones (excluding diaryl/α,β-unsaturated/α-hetero) is 1. The average Bonchev–Trinajstić information content (AvgIpc) is 3.32. The molecule has 0 saturated heterocycles. The van der Waals surface area contributed by atoms with Crippen LogP contribution in [0.1, 0.15) is 30.6 Å². The number of rotatable bonds is 7. The van der Waals surface area contributed by atoms with Gasteiger partial charge in [0.1, 0.15) is 5.78 Å². The smallest absolute Gasteiger partial charge is 0.138 e. The van der Waals surface area contributed by atoms with Crippen LogP contribution >= 0.6 is 11.3 Å². The van der Waals surface area contributed by atoms with Crippen molar-refractivity contribution in [3.8, 4) is 5.69 Å². The highest BCUT2D eigenvalue weighted by Gasteiger charge is 2.28. The number of ketones is 1. The molecule has 5 heteroatoms. The molecule has 0 unspecified atom stereocenters. The second-order valence-corrected chi connectivity index (χ2v) is 6.49. The number of benzene rings is 1. The van der Waals surface area contributed by atoms with Gasteiger partial charge >= 0.3 is 0 Å². The standard InChI is InChI=1S/C19H20N2O2S/c1-2-18(22)16(19(23)15-8-11-24-13-15)12-14-6-3-4-7-17(14)21-10-5-9-20-21/h3-11,13,16,19,23H,2,12H2,1H3/t16-,19+/m0/s1. The first-order chi connectivity index (χ1) is 11.7. The van der Waals surface area contributed by atoms with Crippen LogP contribution in [0, 0.1) is 5.92 Å². The van der Waals surface area contributed by atoms with Crippen molar-refractivity contribution in [1.82, 2.24) is 9.78 Å². The van der Waals surface area contributed by atoms with Gasteiger partial charge in [0.05, 0.1) is 17.7 Å². The Kier molecular flexibility index (Phi) is 5.23. The number of aliphatic hydroxyl groups excluding tert-OH is 1. The Morgan fingerprint density at radius 3 is 2.79 bits per heavy atom. The van der Waals surface area contributed by atoms with E-state index in [1.165, 1.54) is 11.3 Å². The van der Waals surface area contributed by atoms with Crippen LogP contribution < -0.4 is 0 Å². The van der Waals surface area contributed by atoms with Gasteiger partial charge in [0, 0.05) is 18.8 Å². The first-order valence-electron chi connectivity index (χ1n) is 8.01. The fourth-order valence-corrected chi connectivity index (χ4v) is 3.58. The van der Waals surface area contributed by atoms with E-state index in [9.17, 15) is 9.90 Å². The highest BCUT2D eigenvalue weighted by atomic mass is 32.1. The van der Waals surface area contributed by atoms with Gasteiger partial charge in [0.25, 0.3) is 0 Å². The van der Waals surface area contributed by atoms with Crippen molar-refractivity contribution in [2.24, 2.45) is 5.92 Å². The minimum Gasteiger partial charge on any atom is -0.388 e. The summed E-state index contributed by atoms with van der Waals surface area (Å²) in [6, 6.07) is 11.6. The Hall–Kier alpha value is -2.24. The summed E-state index contributed by atoms with van der Waals surface area (Å²) in [5, 5.41) is 18.8. The van der Waals surface area contributed by atoms with E-state index < -0.39 is 12.0 Å². The average molecular weight is 340 g/mol. The lowest BCUT2D eigenvalue weighted by atomic mass is 9.86. The maximum absolute atomic E-state index is 12.5. The molecule has 1 N–H and O–H groups in total. The Labute approximate surface area is 145 Å². The number of nitrogens with zero attached hydrogens (tertiary/aromatic N) is 2. The molecule has 2 heterocycles. The van der Waals surface area contributed by atoms with E-state index >= 15 is 0 Å². The van der Waals surface area contributed by atoms with Gasteiger partial charge in [-0.2, -0.15) is 16.4 Å². The highest BCUT2D eigenvalue weighted by Crippen LogP contribution is 2.30. The minimum absolute atomic E-state index is 0.0731. The third-order valence-corrected chi connectivity index (χ3v) is 4.91. The second-order valence-electron chi connectivity index (χ2n) is 5.71. The van der Waals surface area contributed by atoms with Crippen molar-refractivity contribution in [2.45, 2.75) is 25.9 Å². The number of thiophene rings is 1. The number of hydrogen-bond donors (Lipinski definition) is 1. The summed E-state index contributed by atoms with van der Waals surface area (Å²) in [6.07, 6.45) is 3.72. The van der Waals surface area contributed by atoms with E-state index in [0.29, 0.717) is 12.8 Å². The van der Waals surface area contributed by atoms with Crippen molar-refractivity contribution in [3.63, 3.8) is 0 Å². The summed E-state index contributed by atoms with van der Waals surface area (Å²) in [5.74, 6) is -0.384.